The number of thioether (sulfide) groups is 1. The Morgan fingerprint density at radius 1 is 1.39 bits per heavy atom. The monoisotopic (exact) mass is 277 g/mol. The second kappa shape index (κ2) is 7.89. The van der Waals surface area contributed by atoms with Crippen LogP contribution in [0.3, 0.4) is 0 Å². The first-order valence-corrected chi connectivity index (χ1v) is 7.74. The molecule has 1 amide bonds. The second-order valence-corrected chi connectivity index (χ2v) is 6.60. The minimum atomic E-state index is -0.489. The number of rotatable bonds is 7. The maximum atomic E-state index is 11.6. The summed E-state index contributed by atoms with van der Waals surface area (Å²) in [6.07, 6.45) is 3.34. The summed E-state index contributed by atoms with van der Waals surface area (Å²) in [7, 11) is 0. The van der Waals surface area contributed by atoms with E-state index >= 15 is 0 Å². The fraction of sp³-hybridized carbons (Fsp3) is 0.923. The molecule has 0 radical (unpaired) electrons. The number of ether oxygens (including phenoxy) is 1. The number of aliphatic hydroxyl groups is 1. The summed E-state index contributed by atoms with van der Waals surface area (Å²) in [5, 5.41) is 12.3. The van der Waals surface area contributed by atoms with Gasteiger partial charge < -0.3 is 15.2 Å². The Bertz CT molecular complexity index is 247. The summed E-state index contributed by atoms with van der Waals surface area (Å²) in [6, 6.07) is 0. The van der Waals surface area contributed by atoms with E-state index in [0.717, 1.165) is 18.6 Å². The van der Waals surface area contributed by atoms with Crippen LogP contribution in [0.4, 0.5) is 4.79 Å². The molecule has 0 fully saturated rings. The molecule has 1 unspecified atom stereocenters. The number of hydrogen-bond acceptors (Lipinski definition) is 4. The van der Waals surface area contributed by atoms with E-state index in [-0.39, 0.29) is 12.0 Å². The molecule has 0 aromatic heterocycles. The van der Waals surface area contributed by atoms with E-state index in [1.165, 1.54) is 0 Å². The summed E-state index contributed by atoms with van der Waals surface area (Å²) >= 11 is 1.75. The van der Waals surface area contributed by atoms with Gasteiger partial charge in [-0.1, -0.05) is 6.92 Å². The third kappa shape index (κ3) is 7.11. The van der Waals surface area contributed by atoms with Crippen LogP contribution in [0.1, 0.15) is 40.5 Å². The number of alkyl carbamates (subject to hydrolysis) is 1. The summed E-state index contributed by atoms with van der Waals surface area (Å²) in [4.78, 5) is 11.6. The van der Waals surface area contributed by atoms with Gasteiger partial charge in [0.1, 0.15) is 5.60 Å². The molecule has 0 aromatic rings. The van der Waals surface area contributed by atoms with Gasteiger partial charge in [0.2, 0.25) is 0 Å². The van der Waals surface area contributed by atoms with Crippen LogP contribution in [0.25, 0.3) is 0 Å². The Hall–Kier alpha value is -0.420. The van der Waals surface area contributed by atoms with E-state index < -0.39 is 11.7 Å². The van der Waals surface area contributed by atoms with Crippen LogP contribution in [0.15, 0.2) is 0 Å². The molecule has 0 bridgehead atoms. The predicted molar refractivity (Wildman–Crippen MR) is 77.0 cm³/mol. The van der Waals surface area contributed by atoms with Gasteiger partial charge in [-0.3, -0.25) is 0 Å². The summed E-state index contributed by atoms with van der Waals surface area (Å²) in [5.74, 6) is 0.977. The molecular formula is C13H27NO3S. The van der Waals surface area contributed by atoms with E-state index in [4.69, 9.17) is 4.74 Å². The van der Waals surface area contributed by atoms with Crippen molar-refractivity contribution in [1.82, 2.24) is 5.32 Å². The smallest absolute Gasteiger partial charge is 0.407 e. The number of aliphatic hydroxyl groups excluding tert-OH is 1. The van der Waals surface area contributed by atoms with E-state index in [1.54, 1.807) is 11.8 Å². The lowest BCUT2D eigenvalue weighted by atomic mass is 9.83. The summed E-state index contributed by atoms with van der Waals surface area (Å²) in [6.45, 7) is 8.07. The topological polar surface area (TPSA) is 58.6 Å². The molecule has 4 nitrogen and oxygen atoms in total. The van der Waals surface area contributed by atoms with Crippen LogP contribution in [0.5, 0.6) is 0 Å². The predicted octanol–water partition coefficient (Wildman–Crippen LogP) is 2.65. The number of carbonyl (C=O) groups excluding carboxylic acids is 1. The van der Waals surface area contributed by atoms with Gasteiger partial charge >= 0.3 is 6.09 Å². The summed E-state index contributed by atoms with van der Waals surface area (Å²) in [5.41, 5.74) is -0.725. The van der Waals surface area contributed by atoms with Gasteiger partial charge in [-0.25, -0.2) is 4.79 Å². The van der Waals surface area contributed by atoms with Gasteiger partial charge in [-0.15, -0.1) is 0 Å². The minimum absolute atomic E-state index is 0.0832. The van der Waals surface area contributed by atoms with Crippen LogP contribution in [-0.4, -0.2) is 42.0 Å². The van der Waals surface area contributed by atoms with Crippen LogP contribution >= 0.6 is 11.8 Å². The van der Waals surface area contributed by atoms with Crippen LogP contribution in [0, 0.1) is 5.41 Å². The number of amides is 1. The number of nitrogens with one attached hydrogen (secondary N) is 1. The zero-order chi connectivity index (χ0) is 14.2. The van der Waals surface area contributed by atoms with E-state index in [1.807, 2.05) is 34.0 Å². The molecule has 0 spiro atoms. The van der Waals surface area contributed by atoms with Gasteiger partial charge in [0, 0.05) is 12.0 Å². The van der Waals surface area contributed by atoms with Crippen molar-refractivity contribution in [3.05, 3.63) is 0 Å². The van der Waals surface area contributed by atoms with Crippen molar-refractivity contribution < 1.29 is 14.6 Å². The van der Waals surface area contributed by atoms with Crippen molar-refractivity contribution in [2.45, 2.75) is 46.1 Å². The first-order chi connectivity index (χ1) is 8.28. The van der Waals surface area contributed by atoms with E-state index in [0.29, 0.717) is 6.54 Å². The van der Waals surface area contributed by atoms with Gasteiger partial charge in [0.05, 0.1) is 6.61 Å². The quantitative estimate of drug-likeness (QED) is 0.751. The summed E-state index contributed by atoms with van der Waals surface area (Å²) < 4.78 is 5.19. The molecule has 18 heavy (non-hydrogen) atoms. The normalized spacial score (nSPS) is 15.0. The van der Waals surface area contributed by atoms with E-state index in [2.05, 4.69) is 5.32 Å². The molecule has 2 N–H and O–H groups in total. The van der Waals surface area contributed by atoms with Crippen molar-refractivity contribution in [3.8, 4) is 0 Å². The van der Waals surface area contributed by atoms with Gasteiger partial charge in [-0.05, 0) is 45.6 Å². The van der Waals surface area contributed by atoms with Crippen molar-refractivity contribution in [3.63, 3.8) is 0 Å². The standard InChI is InChI=1S/C13H27NO3S/c1-6-13(10-15,7-8-18-5)9-14-11(16)17-12(2,3)4/h15H,6-10H2,1-5H3,(H,14,16). The highest BCUT2D eigenvalue weighted by Gasteiger charge is 2.28. The maximum absolute atomic E-state index is 11.6. The fourth-order valence-corrected chi connectivity index (χ4v) is 2.17. The van der Waals surface area contributed by atoms with Crippen molar-refractivity contribution in [1.29, 1.82) is 0 Å². The lowest BCUT2D eigenvalue weighted by Gasteiger charge is -2.31. The average Bonchev–Trinajstić information content (AvgIpc) is 2.28. The van der Waals surface area contributed by atoms with E-state index in [9.17, 15) is 9.90 Å². The highest BCUT2D eigenvalue weighted by atomic mass is 32.2. The highest BCUT2D eigenvalue weighted by molar-refractivity contribution is 7.98. The fourth-order valence-electron chi connectivity index (χ4n) is 1.53. The first kappa shape index (κ1) is 17.6. The molecule has 0 rings (SSSR count). The molecule has 0 aliphatic carbocycles. The Kier molecular flexibility index (Phi) is 7.71. The lowest BCUT2D eigenvalue weighted by Crippen LogP contribution is -2.42. The molecule has 0 saturated carbocycles. The molecule has 5 heteroatoms. The van der Waals surface area contributed by atoms with Gasteiger partial charge in [-0.2, -0.15) is 11.8 Å². The molecule has 0 aromatic carbocycles. The molecule has 108 valence electrons. The van der Waals surface area contributed by atoms with Gasteiger partial charge in [0.25, 0.3) is 0 Å². The molecule has 0 aliphatic rings. The number of hydrogen-bond donors (Lipinski definition) is 2. The maximum Gasteiger partial charge on any atom is 0.407 e. The third-order valence-electron chi connectivity index (χ3n) is 2.93. The third-order valence-corrected chi connectivity index (χ3v) is 3.54. The van der Waals surface area contributed by atoms with Crippen molar-refractivity contribution in [2.75, 3.05) is 25.2 Å². The first-order valence-electron chi connectivity index (χ1n) is 6.35. The SMILES string of the molecule is CCC(CO)(CCSC)CNC(=O)OC(C)(C)C. The Morgan fingerprint density at radius 3 is 2.39 bits per heavy atom. The Labute approximate surface area is 115 Å². The molecule has 0 aliphatic heterocycles. The van der Waals surface area contributed by atoms with Crippen LogP contribution in [-0.2, 0) is 4.74 Å². The zero-order valence-electron chi connectivity index (χ0n) is 12.2. The lowest BCUT2D eigenvalue weighted by molar-refractivity contribution is 0.0458. The molecule has 1 atom stereocenters. The number of carbonyl (C=O) groups is 1. The van der Waals surface area contributed by atoms with Crippen LogP contribution in [0.2, 0.25) is 0 Å². The minimum Gasteiger partial charge on any atom is -0.444 e. The van der Waals surface area contributed by atoms with Crippen LogP contribution < -0.4 is 5.32 Å². The average molecular weight is 277 g/mol. The Balaban J connectivity index is 4.30. The van der Waals surface area contributed by atoms with Crippen molar-refractivity contribution in [2.24, 2.45) is 5.41 Å². The largest absolute Gasteiger partial charge is 0.444 e. The molecule has 0 heterocycles. The Morgan fingerprint density at radius 2 is 2.00 bits per heavy atom. The molecule has 0 saturated heterocycles. The van der Waals surface area contributed by atoms with Gasteiger partial charge in [0.15, 0.2) is 0 Å². The zero-order valence-corrected chi connectivity index (χ0v) is 13.0. The van der Waals surface area contributed by atoms with Crippen molar-refractivity contribution >= 4 is 17.9 Å². The second-order valence-electron chi connectivity index (χ2n) is 5.61. The highest BCUT2D eigenvalue weighted by Crippen LogP contribution is 2.26. The molecular weight excluding hydrogens is 250 g/mol.